The summed E-state index contributed by atoms with van der Waals surface area (Å²) in [6.07, 6.45) is 6.32. The van der Waals surface area contributed by atoms with E-state index in [1.807, 2.05) is 42.3 Å². The first kappa shape index (κ1) is 18.8. The van der Waals surface area contributed by atoms with Crippen molar-refractivity contribution >= 4 is 6.03 Å². The van der Waals surface area contributed by atoms with Crippen molar-refractivity contribution in [3.05, 3.63) is 35.9 Å². The number of carbonyl (C=O) groups excluding carboxylic acids is 1. The molecule has 1 aliphatic carbocycles. The average molecular weight is 372 g/mol. The third-order valence-electron chi connectivity index (χ3n) is 7.13. The normalized spacial score (nSPS) is 25.5. The van der Waals surface area contributed by atoms with E-state index >= 15 is 0 Å². The van der Waals surface area contributed by atoms with E-state index in [0.29, 0.717) is 17.9 Å². The molecule has 0 aromatic heterocycles. The summed E-state index contributed by atoms with van der Waals surface area (Å²) in [6, 6.07) is 11.0. The van der Waals surface area contributed by atoms with Crippen LogP contribution in [0.15, 0.2) is 30.3 Å². The Kier molecular flexibility index (Phi) is 5.69. The molecule has 5 nitrogen and oxygen atoms in total. The molecule has 148 valence electrons. The Morgan fingerprint density at radius 3 is 2.59 bits per heavy atom. The molecule has 1 N–H and O–H groups in total. The Morgan fingerprint density at radius 2 is 1.96 bits per heavy atom. The first-order valence-electron chi connectivity index (χ1n) is 10.5. The van der Waals surface area contributed by atoms with Gasteiger partial charge in [-0.1, -0.05) is 36.8 Å². The minimum absolute atomic E-state index is 0.0749. The second kappa shape index (κ2) is 8.19. The molecule has 0 bridgehead atoms. The highest BCUT2D eigenvalue weighted by Gasteiger charge is 2.50. The summed E-state index contributed by atoms with van der Waals surface area (Å²) in [6.45, 7) is 5.55. The number of ether oxygens (including phenoxy) is 1. The molecule has 0 radical (unpaired) electrons. The lowest BCUT2D eigenvalue weighted by atomic mass is 9.71. The summed E-state index contributed by atoms with van der Waals surface area (Å²) in [5, 5.41) is 3.08. The molecule has 2 aliphatic heterocycles. The number of urea groups is 1. The predicted octanol–water partition coefficient (Wildman–Crippen LogP) is 3.11. The number of benzene rings is 1. The van der Waals surface area contributed by atoms with Gasteiger partial charge in [-0.15, -0.1) is 0 Å². The van der Waals surface area contributed by atoms with Gasteiger partial charge in [-0.3, -0.25) is 4.90 Å². The van der Waals surface area contributed by atoms with E-state index in [1.165, 1.54) is 32.4 Å². The molecule has 1 spiro atoms. The Hall–Kier alpha value is -1.59. The zero-order valence-electron chi connectivity index (χ0n) is 16.5. The van der Waals surface area contributed by atoms with Crippen LogP contribution in [-0.2, 0) is 11.3 Å². The summed E-state index contributed by atoms with van der Waals surface area (Å²) in [5.74, 6) is 0.609. The number of carbonyl (C=O) groups is 1. The van der Waals surface area contributed by atoms with Crippen molar-refractivity contribution in [1.82, 2.24) is 15.1 Å². The molecule has 5 heteroatoms. The SMILES string of the molecule is COCC1CN(C2CCC2)CC12CCN(C(=O)NCc1ccccc1)CC2. The van der Waals surface area contributed by atoms with Crippen LogP contribution in [0.25, 0.3) is 0 Å². The molecule has 1 saturated carbocycles. The highest BCUT2D eigenvalue weighted by molar-refractivity contribution is 5.74. The van der Waals surface area contributed by atoms with Gasteiger partial charge in [0.1, 0.15) is 0 Å². The Labute approximate surface area is 163 Å². The summed E-state index contributed by atoms with van der Waals surface area (Å²) in [4.78, 5) is 17.3. The minimum atomic E-state index is 0.0749. The quantitative estimate of drug-likeness (QED) is 0.865. The summed E-state index contributed by atoms with van der Waals surface area (Å²) in [7, 11) is 1.83. The fourth-order valence-corrected chi connectivity index (χ4v) is 5.14. The lowest BCUT2D eigenvalue weighted by molar-refractivity contribution is 0.0456. The third kappa shape index (κ3) is 3.99. The number of likely N-dealkylation sites (tertiary alicyclic amines) is 2. The number of nitrogens with zero attached hydrogens (tertiary/aromatic N) is 2. The molecule has 3 fully saturated rings. The number of piperidine rings is 1. The van der Waals surface area contributed by atoms with E-state index in [-0.39, 0.29) is 6.03 Å². The van der Waals surface area contributed by atoms with Crippen LogP contribution < -0.4 is 5.32 Å². The van der Waals surface area contributed by atoms with Crippen LogP contribution in [0.4, 0.5) is 4.79 Å². The van der Waals surface area contributed by atoms with Gasteiger partial charge in [-0.25, -0.2) is 4.79 Å². The highest BCUT2D eigenvalue weighted by atomic mass is 16.5. The fraction of sp³-hybridized carbons (Fsp3) is 0.682. The number of methoxy groups -OCH3 is 1. The molecular weight excluding hydrogens is 338 g/mol. The summed E-state index contributed by atoms with van der Waals surface area (Å²) < 4.78 is 5.58. The molecule has 3 aliphatic rings. The maximum Gasteiger partial charge on any atom is 0.317 e. The minimum Gasteiger partial charge on any atom is -0.384 e. The van der Waals surface area contributed by atoms with Crippen LogP contribution in [0.5, 0.6) is 0 Å². The maximum atomic E-state index is 12.6. The third-order valence-corrected chi connectivity index (χ3v) is 7.13. The molecule has 4 rings (SSSR count). The number of hydrogen-bond donors (Lipinski definition) is 1. The molecule has 2 saturated heterocycles. The van der Waals surface area contributed by atoms with Gasteiger partial charge in [0.25, 0.3) is 0 Å². The van der Waals surface area contributed by atoms with E-state index < -0.39 is 0 Å². The molecule has 2 amide bonds. The zero-order chi connectivity index (χ0) is 18.7. The predicted molar refractivity (Wildman–Crippen MR) is 106 cm³/mol. The molecule has 27 heavy (non-hydrogen) atoms. The van der Waals surface area contributed by atoms with Gasteiger partial charge in [0, 0.05) is 51.8 Å². The number of hydrogen-bond acceptors (Lipinski definition) is 3. The van der Waals surface area contributed by atoms with Gasteiger partial charge in [-0.2, -0.15) is 0 Å². The van der Waals surface area contributed by atoms with Crippen molar-refractivity contribution in [1.29, 1.82) is 0 Å². The smallest absolute Gasteiger partial charge is 0.317 e. The van der Waals surface area contributed by atoms with Crippen LogP contribution in [0.1, 0.15) is 37.7 Å². The van der Waals surface area contributed by atoms with E-state index in [9.17, 15) is 4.79 Å². The van der Waals surface area contributed by atoms with Gasteiger partial charge in [-0.05, 0) is 36.7 Å². The van der Waals surface area contributed by atoms with E-state index in [4.69, 9.17) is 4.74 Å². The Balaban J connectivity index is 1.32. The molecule has 2 heterocycles. The van der Waals surface area contributed by atoms with Crippen molar-refractivity contribution in [3.63, 3.8) is 0 Å². The lowest BCUT2D eigenvalue weighted by Crippen LogP contribution is -2.50. The first-order chi connectivity index (χ1) is 13.2. The average Bonchev–Trinajstić information content (AvgIpc) is 2.97. The number of amides is 2. The van der Waals surface area contributed by atoms with Crippen molar-refractivity contribution in [2.75, 3.05) is 39.9 Å². The summed E-state index contributed by atoms with van der Waals surface area (Å²) >= 11 is 0. The van der Waals surface area contributed by atoms with E-state index in [0.717, 1.165) is 44.1 Å². The van der Waals surface area contributed by atoms with Crippen LogP contribution in [0, 0.1) is 11.3 Å². The molecule has 1 unspecified atom stereocenters. The molecule has 1 atom stereocenters. The molecular formula is C22H33N3O2. The Morgan fingerprint density at radius 1 is 1.22 bits per heavy atom. The van der Waals surface area contributed by atoms with Gasteiger partial charge in [0.05, 0.1) is 6.61 Å². The maximum absolute atomic E-state index is 12.6. The standard InChI is InChI=1S/C22H33N3O2/c1-27-16-19-15-25(20-8-5-9-20)17-22(19)10-12-24(13-11-22)21(26)23-14-18-6-3-2-4-7-18/h2-4,6-7,19-20H,5,8-17H2,1H3,(H,23,26). The largest absolute Gasteiger partial charge is 0.384 e. The highest BCUT2D eigenvalue weighted by Crippen LogP contribution is 2.47. The van der Waals surface area contributed by atoms with E-state index in [2.05, 4.69) is 10.2 Å². The second-order valence-electron chi connectivity index (χ2n) is 8.66. The van der Waals surface area contributed by atoms with Crippen LogP contribution >= 0.6 is 0 Å². The lowest BCUT2D eigenvalue weighted by Gasteiger charge is -2.43. The summed E-state index contributed by atoms with van der Waals surface area (Å²) in [5.41, 5.74) is 1.48. The van der Waals surface area contributed by atoms with Gasteiger partial charge in [0.15, 0.2) is 0 Å². The number of rotatable bonds is 5. The zero-order valence-corrected chi connectivity index (χ0v) is 16.5. The Bertz CT molecular complexity index is 624. The van der Waals surface area contributed by atoms with Crippen molar-refractivity contribution in [2.24, 2.45) is 11.3 Å². The molecule has 1 aromatic carbocycles. The first-order valence-corrected chi connectivity index (χ1v) is 10.5. The topological polar surface area (TPSA) is 44.8 Å². The van der Waals surface area contributed by atoms with Gasteiger partial charge in [0.2, 0.25) is 0 Å². The number of nitrogens with one attached hydrogen (secondary N) is 1. The van der Waals surface area contributed by atoms with Gasteiger partial charge < -0.3 is 15.0 Å². The van der Waals surface area contributed by atoms with E-state index in [1.54, 1.807) is 0 Å². The van der Waals surface area contributed by atoms with Crippen molar-refractivity contribution in [3.8, 4) is 0 Å². The van der Waals surface area contributed by atoms with Crippen molar-refractivity contribution < 1.29 is 9.53 Å². The van der Waals surface area contributed by atoms with Crippen LogP contribution in [0.2, 0.25) is 0 Å². The second-order valence-corrected chi connectivity index (χ2v) is 8.66. The molecule has 1 aromatic rings. The monoisotopic (exact) mass is 371 g/mol. The van der Waals surface area contributed by atoms with Crippen molar-refractivity contribution in [2.45, 2.75) is 44.7 Å². The van der Waals surface area contributed by atoms with Crippen LogP contribution in [-0.4, -0.2) is 61.8 Å². The van der Waals surface area contributed by atoms with Gasteiger partial charge >= 0.3 is 6.03 Å². The fourth-order valence-electron chi connectivity index (χ4n) is 5.14. The van der Waals surface area contributed by atoms with Crippen LogP contribution in [0.3, 0.4) is 0 Å².